The number of carboxylic acids is 2. The first-order valence-corrected chi connectivity index (χ1v) is 7.12. The first-order valence-electron chi connectivity index (χ1n) is 7.12. The lowest BCUT2D eigenvalue weighted by Crippen LogP contribution is -2.53. The Balaban J connectivity index is 5.20. The van der Waals surface area contributed by atoms with Gasteiger partial charge in [-0.25, -0.2) is 9.59 Å². The van der Waals surface area contributed by atoms with Crippen molar-refractivity contribution in [2.24, 2.45) is 11.8 Å². The largest absolute Gasteiger partial charge is 0.479 e. The number of hydrogen-bond acceptors (Lipinski definition) is 6. The molecule has 0 aliphatic carbocycles. The Bertz CT molecular complexity index is 355. The molecule has 0 saturated heterocycles. The van der Waals surface area contributed by atoms with E-state index in [0.717, 1.165) is 0 Å². The predicted octanol–water partition coefficient (Wildman–Crippen LogP) is -0.0402. The summed E-state index contributed by atoms with van der Waals surface area (Å²) in [6, 6.07) is 0. The zero-order valence-electron chi connectivity index (χ0n) is 13.3. The molecule has 4 N–H and O–H groups in total. The van der Waals surface area contributed by atoms with E-state index in [1.165, 1.54) is 0 Å². The summed E-state index contributed by atoms with van der Waals surface area (Å²) < 4.78 is 10.5. The Labute approximate surface area is 129 Å². The standard InChI is InChI=1S/C14H26O8/c1-7(2)5-21-11(9(15)10(16)13(17)18)12(14(19)20)22-6-8(3)4/h7-12,15-16H,5-6H2,1-4H3,(H,17,18)(H,19,20)/t9-,10+,11+,12-/m1/s1. The molecule has 0 radical (unpaired) electrons. The number of ether oxygens (including phenoxy) is 2. The minimum atomic E-state index is -2.17. The summed E-state index contributed by atoms with van der Waals surface area (Å²) in [7, 11) is 0. The van der Waals surface area contributed by atoms with Crippen molar-refractivity contribution in [3.05, 3.63) is 0 Å². The van der Waals surface area contributed by atoms with Crippen molar-refractivity contribution in [2.75, 3.05) is 13.2 Å². The molecule has 0 aromatic carbocycles. The topological polar surface area (TPSA) is 134 Å². The van der Waals surface area contributed by atoms with Gasteiger partial charge in [0.25, 0.3) is 0 Å². The molecule has 0 fully saturated rings. The average molecular weight is 322 g/mol. The summed E-state index contributed by atoms with van der Waals surface area (Å²) in [5.74, 6) is -3.00. The fourth-order valence-electron chi connectivity index (χ4n) is 1.60. The molecular weight excluding hydrogens is 296 g/mol. The minimum Gasteiger partial charge on any atom is -0.479 e. The molecule has 0 aromatic heterocycles. The molecule has 8 heteroatoms. The lowest BCUT2D eigenvalue weighted by molar-refractivity contribution is -0.189. The van der Waals surface area contributed by atoms with Crippen molar-refractivity contribution in [1.82, 2.24) is 0 Å². The Kier molecular flexibility index (Phi) is 9.19. The molecule has 0 aliphatic rings. The van der Waals surface area contributed by atoms with Crippen LogP contribution in [0.25, 0.3) is 0 Å². The summed E-state index contributed by atoms with van der Waals surface area (Å²) in [5.41, 5.74) is 0. The molecule has 130 valence electrons. The summed E-state index contributed by atoms with van der Waals surface area (Å²) in [6.45, 7) is 7.41. The SMILES string of the molecule is CC(C)CO[C@@H]([C@H](O)[C@H](O)C(=O)O)[C@@H](OCC(C)C)C(=O)O. The normalized spacial score (nSPS) is 17.3. The van der Waals surface area contributed by atoms with E-state index >= 15 is 0 Å². The van der Waals surface area contributed by atoms with Gasteiger partial charge in [0.05, 0.1) is 6.61 Å². The zero-order valence-corrected chi connectivity index (χ0v) is 13.3. The van der Waals surface area contributed by atoms with Gasteiger partial charge in [0.1, 0.15) is 12.2 Å². The number of aliphatic hydroxyl groups excluding tert-OH is 2. The minimum absolute atomic E-state index is 0.0243. The van der Waals surface area contributed by atoms with Gasteiger partial charge in [0, 0.05) is 6.61 Å². The second-order valence-electron chi connectivity index (χ2n) is 5.95. The molecule has 22 heavy (non-hydrogen) atoms. The summed E-state index contributed by atoms with van der Waals surface area (Å²) in [6.07, 6.45) is -7.17. The van der Waals surface area contributed by atoms with E-state index in [4.69, 9.17) is 14.6 Å². The van der Waals surface area contributed by atoms with Crippen LogP contribution in [-0.4, -0.2) is 70.0 Å². The van der Waals surface area contributed by atoms with Crippen LogP contribution in [0.4, 0.5) is 0 Å². The van der Waals surface area contributed by atoms with Crippen LogP contribution in [0.15, 0.2) is 0 Å². The Hall–Kier alpha value is -1.22. The van der Waals surface area contributed by atoms with E-state index in [1.54, 1.807) is 0 Å². The van der Waals surface area contributed by atoms with Crippen molar-refractivity contribution in [2.45, 2.75) is 52.1 Å². The van der Waals surface area contributed by atoms with E-state index in [1.807, 2.05) is 27.7 Å². The van der Waals surface area contributed by atoms with E-state index in [2.05, 4.69) is 0 Å². The maximum atomic E-state index is 11.3. The molecule has 0 saturated carbocycles. The van der Waals surface area contributed by atoms with Crippen LogP contribution in [0.5, 0.6) is 0 Å². The van der Waals surface area contributed by atoms with E-state index in [9.17, 15) is 24.9 Å². The Morgan fingerprint density at radius 3 is 1.68 bits per heavy atom. The lowest BCUT2D eigenvalue weighted by atomic mass is 10.0. The van der Waals surface area contributed by atoms with E-state index in [-0.39, 0.29) is 25.0 Å². The van der Waals surface area contributed by atoms with Gasteiger partial charge < -0.3 is 29.9 Å². The number of aliphatic carboxylic acids is 2. The van der Waals surface area contributed by atoms with Crippen molar-refractivity contribution in [3.63, 3.8) is 0 Å². The maximum absolute atomic E-state index is 11.3. The third-order valence-corrected chi connectivity index (χ3v) is 2.69. The first kappa shape index (κ1) is 20.8. The predicted molar refractivity (Wildman–Crippen MR) is 76.4 cm³/mol. The van der Waals surface area contributed by atoms with E-state index < -0.39 is 36.4 Å². The zero-order chi connectivity index (χ0) is 17.4. The summed E-state index contributed by atoms with van der Waals surface area (Å²) in [5, 5.41) is 37.4. The lowest BCUT2D eigenvalue weighted by Gasteiger charge is -2.30. The highest BCUT2D eigenvalue weighted by Crippen LogP contribution is 2.16. The molecule has 0 aliphatic heterocycles. The summed E-state index contributed by atoms with van der Waals surface area (Å²) in [4.78, 5) is 22.1. The second kappa shape index (κ2) is 9.73. The summed E-state index contributed by atoms with van der Waals surface area (Å²) >= 11 is 0. The van der Waals surface area contributed by atoms with Gasteiger partial charge in [0.15, 0.2) is 12.2 Å². The number of carboxylic acid groups (broad SMARTS) is 2. The molecule has 0 rings (SSSR count). The van der Waals surface area contributed by atoms with Gasteiger partial charge in [-0.2, -0.15) is 0 Å². The van der Waals surface area contributed by atoms with Crippen molar-refractivity contribution < 1.29 is 39.5 Å². The number of aliphatic hydroxyl groups is 2. The smallest absolute Gasteiger partial charge is 0.335 e. The van der Waals surface area contributed by atoms with Crippen LogP contribution < -0.4 is 0 Å². The molecular formula is C14H26O8. The van der Waals surface area contributed by atoms with Crippen LogP contribution in [0, 0.1) is 11.8 Å². The third kappa shape index (κ3) is 7.17. The van der Waals surface area contributed by atoms with Crippen LogP contribution in [0.3, 0.4) is 0 Å². The maximum Gasteiger partial charge on any atom is 0.335 e. The molecule has 8 nitrogen and oxygen atoms in total. The Morgan fingerprint density at radius 2 is 1.32 bits per heavy atom. The molecule has 0 amide bonds. The fraction of sp³-hybridized carbons (Fsp3) is 0.857. The van der Waals surface area contributed by atoms with Gasteiger partial charge in [-0.15, -0.1) is 0 Å². The molecule has 0 aromatic rings. The van der Waals surface area contributed by atoms with E-state index in [0.29, 0.717) is 0 Å². The van der Waals surface area contributed by atoms with Gasteiger partial charge in [-0.3, -0.25) is 0 Å². The van der Waals surface area contributed by atoms with Crippen LogP contribution in [-0.2, 0) is 19.1 Å². The molecule has 0 heterocycles. The molecule has 0 unspecified atom stereocenters. The monoisotopic (exact) mass is 322 g/mol. The van der Waals surface area contributed by atoms with Gasteiger partial charge in [-0.1, -0.05) is 27.7 Å². The third-order valence-electron chi connectivity index (χ3n) is 2.69. The van der Waals surface area contributed by atoms with Crippen molar-refractivity contribution in [1.29, 1.82) is 0 Å². The highest BCUT2D eigenvalue weighted by atomic mass is 16.6. The number of carbonyl (C=O) groups is 2. The van der Waals surface area contributed by atoms with Crippen molar-refractivity contribution in [3.8, 4) is 0 Å². The van der Waals surface area contributed by atoms with Gasteiger partial charge in [0.2, 0.25) is 0 Å². The number of rotatable bonds is 11. The van der Waals surface area contributed by atoms with Crippen LogP contribution in [0.1, 0.15) is 27.7 Å². The highest BCUT2D eigenvalue weighted by Gasteiger charge is 2.41. The first-order chi connectivity index (χ1) is 10.1. The number of hydrogen-bond donors (Lipinski definition) is 4. The van der Waals surface area contributed by atoms with Gasteiger partial charge in [-0.05, 0) is 11.8 Å². The second-order valence-corrected chi connectivity index (χ2v) is 5.95. The van der Waals surface area contributed by atoms with Gasteiger partial charge >= 0.3 is 11.9 Å². The van der Waals surface area contributed by atoms with Crippen LogP contribution >= 0.6 is 0 Å². The quantitative estimate of drug-likeness (QED) is 0.416. The highest BCUT2D eigenvalue weighted by molar-refractivity contribution is 5.75. The molecule has 0 bridgehead atoms. The van der Waals surface area contributed by atoms with Crippen LogP contribution in [0.2, 0.25) is 0 Å². The fourth-order valence-corrected chi connectivity index (χ4v) is 1.60. The average Bonchev–Trinajstić information content (AvgIpc) is 2.39. The Morgan fingerprint density at radius 1 is 0.864 bits per heavy atom. The van der Waals surface area contributed by atoms with Crippen molar-refractivity contribution >= 4 is 11.9 Å². The molecule has 4 atom stereocenters. The molecule has 0 spiro atoms.